The topological polar surface area (TPSA) is 70.2 Å². The number of carbonyl (C=O) groups is 1. The zero-order valence-electron chi connectivity index (χ0n) is 15.4. The Morgan fingerprint density at radius 1 is 0.929 bits per heavy atom. The van der Waals surface area contributed by atoms with Crippen molar-refractivity contribution < 1.29 is 9.90 Å². The van der Waals surface area contributed by atoms with Crippen LogP contribution in [-0.4, -0.2) is 16.1 Å². The number of aromatic amines is 1. The lowest BCUT2D eigenvalue weighted by atomic mass is 9.94. The highest BCUT2D eigenvalue weighted by molar-refractivity contribution is 6.02. The van der Waals surface area contributed by atoms with E-state index in [1.807, 2.05) is 55.5 Å². The molecule has 4 aromatic rings. The summed E-state index contributed by atoms with van der Waals surface area (Å²) in [6, 6.07) is 22.5. The molecule has 0 amide bonds. The van der Waals surface area contributed by atoms with Crippen LogP contribution in [0.25, 0.3) is 33.2 Å². The molecule has 0 spiro atoms. The summed E-state index contributed by atoms with van der Waals surface area (Å²) in [6.45, 7) is 2.04. The summed E-state index contributed by atoms with van der Waals surface area (Å²) < 4.78 is 0. The molecule has 0 atom stereocenters. The van der Waals surface area contributed by atoms with Gasteiger partial charge in [-0.3, -0.25) is 4.79 Å². The van der Waals surface area contributed by atoms with Crippen molar-refractivity contribution >= 4 is 16.9 Å². The first-order valence-electron chi connectivity index (χ1n) is 9.17. The monoisotopic (exact) mass is 369 g/mol. The van der Waals surface area contributed by atoms with Crippen molar-refractivity contribution in [1.29, 1.82) is 0 Å². The zero-order chi connectivity index (χ0) is 19.7. The maximum atomic E-state index is 13.4. The number of aryl methyl sites for hydroxylation is 1. The van der Waals surface area contributed by atoms with E-state index in [9.17, 15) is 14.7 Å². The van der Waals surface area contributed by atoms with Gasteiger partial charge in [-0.15, -0.1) is 0 Å². The predicted octanol–water partition coefficient (Wildman–Crippen LogP) is 5.12. The van der Waals surface area contributed by atoms with E-state index in [1.165, 1.54) is 0 Å². The molecule has 0 aliphatic rings. The largest absolute Gasteiger partial charge is 0.477 e. The summed E-state index contributed by atoms with van der Waals surface area (Å²) in [6.07, 6.45) is 0.774. The number of hydrogen-bond acceptors (Lipinski definition) is 2. The summed E-state index contributed by atoms with van der Waals surface area (Å²) in [4.78, 5) is 28.5. The molecule has 4 rings (SSSR count). The van der Waals surface area contributed by atoms with E-state index in [-0.39, 0.29) is 16.7 Å². The molecule has 0 saturated carbocycles. The fourth-order valence-corrected chi connectivity index (χ4v) is 3.54. The van der Waals surface area contributed by atoms with Gasteiger partial charge in [0.1, 0.15) is 5.69 Å². The minimum Gasteiger partial charge on any atom is -0.477 e. The minimum absolute atomic E-state index is 0.0925. The van der Waals surface area contributed by atoms with E-state index in [2.05, 4.69) is 4.98 Å². The van der Waals surface area contributed by atoms with Crippen molar-refractivity contribution in [1.82, 2.24) is 4.98 Å². The Labute approximate surface area is 162 Å². The molecule has 28 heavy (non-hydrogen) atoms. The van der Waals surface area contributed by atoms with Crippen molar-refractivity contribution in [2.45, 2.75) is 13.3 Å². The molecule has 0 radical (unpaired) electrons. The lowest BCUT2D eigenvalue weighted by molar-refractivity contribution is 0.0692. The fourth-order valence-electron chi connectivity index (χ4n) is 3.54. The quantitative estimate of drug-likeness (QED) is 0.524. The van der Waals surface area contributed by atoms with Gasteiger partial charge in [-0.25, -0.2) is 4.79 Å². The first-order chi connectivity index (χ1) is 13.6. The van der Waals surface area contributed by atoms with Gasteiger partial charge in [0.15, 0.2) is 5.43 Å². The van der Waals surface area contributed by atoms with Crippen LogP contribution in [0.1, 0.15) is 23.0 Å². The van der Waals surface area contributed by atoms with Gasteiger partial charge in [0, 0.05) is 10.9 Å². The Kier molecular flexibility index (Phi) is 4.53. The highest BCUT2D eigenvalue weighted by atomic mass is 16.4. The maximum Gasteiger partial charge on any atom is 0.353 e. The number of H-pyrrole nitrogens is 1. The second-order valence-corrected chi connectivity index (χ2v) is 6.66. The number of carboxylic acids is 1. The lowest BCUT2D eigenvalue weighted by Gasteiger charge is -2.14. The van der Waals surface area contributed by atoms with E-state index in [0.717, 1.165) is 23.1 Å². The Bertz CT molecular complexity index is 1230. The smallest absolute Gasteiger partial charge is 0.353 e. The molecule has 0 bridgehead atoms. The SMILES string of the molecule is CCc1cc(-c2ccccc2)c2[nH]c(C(=O)O)c(-c3ccccc3)c(=O)c2c1. The molecule has 1 aromatic heterocycles. The number of rotatable bonds is 4. The van der Waals surface area contributed by atoms with Crippen molar-refractivity contribution in [2.75, 3.05) is 0 Å². The van der Waals surface area contributed by atoms with Crippen molar-refractivity contribution in [3.63, 3.8) is 0 Å². The standard InChI is InChI=1S/C24H19NO3/c1-2-15-13-18(16-9-5-3-6-10-16)21-19(14-15)23(26)20(22(25-21)24(27)28)17-11-7-4-8-12-17/h3-14H,2H2,1H3,(H,25,26)(H,27,28). The number of aromatic nitrogens is 1. The predicted molar refractivity (Wildman–Crippen MR) is 112 cm³/mol. The van der Waals surface area contributed by atoms with Gasteiger partial charge in [-0.2, -0.15) is 0 Å². The van der Waals surface area contributed by atoms with E-state index < -0.39 is 5.97 Å². The lowest BCUT2D eigenvalue weighted by Crippen LogP contribution is -2.16. The Morgan fingerprint density at radius 3 is 2.11 bits per heavy atom. The van der Waals surface area contributed by atoms with Gasteiger partial charge in [0.2, 0.25) is 0 Å². The number of nitrogens with one attached hydrogen (secondary N) is 1. The van der Waals surface area contributed by atoms with Crippen LogP contribution in [0.4, 0.5) is 0 Å². The highest BCUT2D eigenvalue weighted by Gasteiger charge is 2.21. The molecule has 3 aromatic carbocycles. The first-order valence-corrected chi connectivity index (χ1v) is 9.17. The number of aromatic carboxylic acids is 1. The first kappa shape index (κ1) is 17.7. The Hall–Kier alpha value is -3.66. The van der Waals surface area contributed by atoms with Crippen LogP contribution in [0.5, 0.6) is 0 Å². The van der Waals surface area contributed by atoms with Crippen LogP contribution < -0.4 is 5.43 Å². The molecule has 0 aliphatic heterocycles. The van der Waals surface area contributed by atoms with Crippen LogP contribution >= 0.6 is 0 Å². The third kappa shape index (κ3) is 2.99. The third-order valence-electron chi connectivity index (χ3n) is 4.94. The summed E-state index contributed by atoms with van der Waals surface area (Å²) in [5.74, 6) is -1.16. The highest BCUT2D eigenvalue weighted by Crippen LogP contribution is 2.30. The molecule has 1 heterocycles. The molecule has 0 unspecified atom stereocenters. The third-order valence-corrected chi connectivity index (χ3v) is 4.94. The Morgan fingerprint density at radius 2 is 1.54 bits per heavy atom. The van der Waals surface area contributed by atoms with Crippen molar-refractivity contribution in [3.05, 3.63) is 94.3 Å². The number of fused-ring (bicyclic) bond motifs is 1. The van der Waals surface area contributed by atoms with Crippen LogP contribution in [0.2, 0.25) is 0 Å². The average molecular weight is 369 g/mol. The van der Waals surface area contributed by atoms with Gasteiger partial charge in [-0.1, -0.05) is 67.6 Å². The number of benzene rings is 3. The number of hydrogen-bond donors (Lipinski definition) is 2. The molecule has 4 heteroatoms. The van der Waals surface area contributed by atoms with Crippen molar-refractivity contribution in [2.24, 2.45) is 0 Å². The maximum absolute atomic E-state index is 13.4. The van der Waals surface area contributed by atoms with Gasteiger partial charge in [0.05, 0.1) is 11.1 Å². The van der Waals surface area contributed by atoms with Crippen LogP contribution in [0.3, 0.4) is 0 Å². The second-order valence-electron chi connectivity index (χ2n) is 6.66. The average Bonchev–Trinajstić information content (AvgIpc) is 2.74. The van der Waals surface area contributed by atoms with E-state index in [0.29, 0.717) is 16.5 Å². The molecule has 4 nitrogen and oxygen atoms in total. The van der Waals surface area contributed by atoms with Gasteiger partial charge < -0.3 is 10.1 Å². The zero-order valence-corrected chi connectivity index (χ0v) is 15.4. The number of carboxylic acid groups (broad SMARTS) is 1. The Balaban J connectivity index is 2.15. The summed E-state index contributed by atoms with van der Waals surface area (Å²) in [7, 11) is 0. The fraction of sp³-hybridized carbons (Fsp3) is 0.0833. The van der Waals surface area contributed by atoms with E-state index in [4.69, 9.17) is 0 Å². The molecule has 0 saturated heterocycles. The molecule has 2 N–H and O–H groups in total. The van der Waals surface area contributed by atoms with E-state index >= 15 is 0 Å². The second kappa shape index (κ2) is 7.16. The molecule has 0 aliphatic carbocycles. The summed E-state index contributed by atoms with van der Waals surface area (Å²) in [5.41, 5.74) is 3.75. The van der Waals surface area contributed by atoms with Crippen LogP contribution in [0, 0.1) is 0 Å². The molecular weight excluding hydrogens is 350 g/mol. The normalized spacial score (nSPS) is 10.9. The van der Waals surface area contributed by atoms with Crippen molar-refractivity contribution in [3.8, 4) is 22.3 Å². The summed E-state index contributed by atoms with van der Waals surface area (Å²) >= 11 is 0. The molecule has 0 fully saturated rings. The van der Waals surface area contributed by atoms with Gasteiger partial charge in [0.25, 0.3) is 0 Å². The van der Waals surface area contributed by atoms with Gasteiger partial charge in [-0.05, 0) is 35.2 Å². The molecular formula is C24H19NO3. The summed E-state index contributed by atoms with van der Waals surface area (Å²) in [5, 5.41) is 10.3. The van der Waals surface area contributed by atoms with E-state index in [1.54, 1.807) is 24.3 Å². The van der Waals surface area contributed by atoms with Crippen LogP contribution in [-0.2, 0) is 6.42 Å². The molecule has 138 valence electrons. The van der Waals surface area contributed by atoms with Gasteiger partial charge >= 0.3 is 5.97 Å². The number of pyridine rings is 1. The van der Waals surface area contributed by atoms with Crippen LogP contribution in [0.15, 0.2) is 77.6 Å². The minimum atomic E-state index is -1.16.